The summed E-state index contributed by atoms with van der Waals surface area (Å²) in [6.07, 6.45) is 2.69. The van der Waals surface area contributed by atoms with Crippen LogP contribution in [-0.2, 0) is 9.47 Å². The maximum atomic E-state index is 5.53. The molecule has 0 unspecified atom stereocenters. The first-order valence-electron chi connectivity index (χ1n) is 6.23. The number of halogens is 1. The maximum absolute atomic E-state index is 5.53. The highest BCUT2D eigenvalue weighted by atomic mass is 79.9. The van der Waals surface area contributed by atoms with Gasteiger partial charge in [0.25, 0.3) is 0 Å². The van der Waals surface area contributed by atoms with E-state index in [0.717, 1.165) is 17.4 Å². The summed E-state index contributed by atoms with van der Waals surface area (Å²) in [5.41, 5.74) is 0. The largest absolute Gasteiger partial charge is 0.474 e. The van der Waals surface area contributed by atoms with Crippen molar-refractivity contribution in [1.82, 2.24) is 9.97 Å². The first kappa shape index (κ1) is 16.1. The van der Waals surface area contributed by atoms with E-state index in [9.17, 15) is 0 Å². The second-order valence-corrected chi connectivity index (χ2v) is 4.58. The van der Waals surface area contributed by atoms with Crippen molar-refractivity contribution in [1.29, 1.82) is 0 Å². The number of nitrogens with one attached hydrogen (secondary N) is 1. The molecule has 0 fully saturated rings. The molecule has 0 spiro atoms. The number of ether oxygens (including phenoxy) is 3. The summed E-state index contributed by atoms with van der Waals surface area (Å²) in [6, 6.07) is 0. The lowest BCUT2D eigenvalue weighted by Crippen LogP contribution is -2.12. The zero-order valence-corrected chi connectivity index (χ0v) is 12.9. The van der Waals surface area contributed by atoms with E-state index in [1.807, 2.05) is 0 Å². The standard InChI is InChI=1S/C12H20BrN3O3/c1-3-4-14-12-15-9-10(13)11(16-12)19-8-7-18-6-5-17-2/h9H,3-8H2,1-2H3,(H,14,15,16). The summed E-state index contributed by atoms with van der Waals surface area (Å²) in [4.78, 5) is 8.42. The number of rotatable bonds is 10. The zero-order valence-electron chi connectivity index (χ0n) is 11.3. The van der Waals surface area contributed by atoms with E-state index in [1.54, 1.807) is 13.3 Å². The van der Waals surface area contributed by atoms with E-state index < -0.39 is 0 Å². The summed E-state index contributed by atoms with van der Waals surface area (Å²) >= 11 is 3.35. The highest BCUT2D eigenvalue weighted by Gasteiger charge is 2.05. The molecule has 0 aliphatic rings. The second-order valence-electron chi connectivity index (χ2n) is 3.73. The molecule has 1 N–H and O–H groups in total. The van der Waals surface area contributed by atoms with Crippen LogP contribution in [0.5, 0.6) is 5.88 Å². The monoisotopic (exact) mass is 333 g/mol. The fraction of sp³-hybridized carbons (Fsp3) is 0.667. The zero-order chi connectivity index (χ0) is 13.9. The summed E-state index contributed by atoms with van der Waals surface area (Å²) in [5.74, 6) is 1.09. The maximum Gasteiger partial charge on any atom is 0.232 e. The molecule has 0 atom stereocenters. The molecule has 0 aliphatic carbocycles. The van der Waals surface area contributed by atoms with Crippen molar-refractivity contribution in [2.24, 2.45) is 0 Å². The number of nitrogens with zero attached hydrogens (tertiary/aromatic N) is 2. The van der Waals surface area contributed by atoms with Gasteiger partial charge in [0.15, 0.2) is 0 Å². The first-order valence-corrected chi connectivity index (χ1v) is 7.03. The Balaban J connectivity index is 2.34. The third-order valence-corrected chi connectivity index (χ3v) is 2.69. The number of anilines is 1. The summed E-state index contributed by atoms with van der Waals surface area (Å²) in [6.45, 7) is 5.00. The Bertz CT molecular complexity index is 366. The first-order chi connectivity index (χ1) is 9.27. The Labute approximate surface area is 122 Å². The molecular formula is C12H20BrN3O3. The summed E-state index contributed by atoms with van der Waals surface area (Å²) in [5, 5.41) is 3.11. The lowest BCUT2D eigenvalue weighted by atomic mass is 10.5. The van der Waals surface area contributed by atoms with Crippen molar-refractivity contribution in [2.75, 3.05) is 45.4 Å². The Kier molecular flexibility index (Phi) is 8.44. The van der Waals surface area contributed by atoms with Crippen molar-refractivity contribution < 1.29 is 14.2 Å². The van der Waals surface area contributed by atoms with Crippen LogP contribution in [0.2, 0.25) is 0 Å². The predicted molar refractivity (Wildman–Crippen MR) is 76.7 cm³/mol. The molecule has 1 aromatic heterocycles. The van der Waals surface area contributed by atoms with Gasteiger partial charge in [-0.25, -0.2) is 4.98 Å². The molecule has 1 aromatic rings. The van der Waals surface area contributed by atoms with E-state index in [4.69, 9.17) is 14.2 Å². The average molecular weight is 334 g/mol. The predicted octanol–water partition coefficient (Wildman–Crippen LogP) is 2.10. The average Bonchev–Trinajstić information content (AvgIpc) is 2.43. The fourth-order valence-electron chi connectivity index (χ4n) is 1.22. The third kappa shape index (κ3) is 6.70. The molecule has 19 heavy (non-hydrogen) atoms. The fourth-order valence-corrected chi connectivity index (χ4v) is 1.52. The van der Waals surface area contributed by atoms with Crippen LogP contribution in [0.4, 0.5) is 5.95 Å². The molecule has 108 valence electrons. The van der Waals surface area contributed by atoms with Gasteiger partial charge in [0.05, 0.1) is 30.5 Å². The van der Waals surface area contributed by atoms with Crippen molar-refractivity contribution in [3.63, 3.8) is 0 Å². The van der Waals surface area contributed by atoms with Crippen molar-refractivity contribution in [2.45, 2.75) is 13.3 Å². The Hall–Kier alpha value is -0.920. The van der Waals surface area contributed by atoms with Gasteiger partial charge in [-0.1, -0.05) is 6.92 Å². The van der Waals surface area contributed by atoms with Gasteiger partial charge in [0, 0.05) is 13.7 Å². The number of hydrogen-bond donors (Lipinski definition) is 1. The van der Waals surface area contributed by atoms with E-state index >= 15 is 0 Å². The van der Waals surface area contributed by atoms with Gasteiger partial charge < -0.3 is 19.5 Å². The summed E-state index contributed by atoms with van der Waals surface area (Å²) < 4.78 is 16.4. The summed E-state index contributed by atoms with van der Waals surface area (Å²) in [7, 11) is 1.64. The van der Waals surface area contributed by atoms with Crippen LogP contribution in [0, 0.1) is 0 Å². The molecule has 0 radical (unpaired) electrons. The number of aromatic nitrogens is 2. The third-order valence-electron chi connectivity index (χ3n) is 2.14. The minimum Gasteiger partial charge on any atom is -0.474 e. The second kappa shape index (κ2) is 9.94. The van der Waals surface area contributed by atoms with Crippen molar-refractivity contribution in [3.05, 3.63) is 10.7 Å². The quantitative estimate of drug-likeness (QED) is 0.661. The van der Waals surface area contributed by atoms with E-state index in [2.05, 4.69) is 38.1 Å². The molecule has 0 saturated heterocycles. The van der Waals surface area contributed by atoms with Crippen molar-refractivity contribution >= 4 is 21.9 Å². The van der Waals surface area contributed by atoms with Crippen LogP contribution < -0.4 is 10.1 Å². The molecule has 0 saturated carbocycles. The molecule has 0 aliphatic heterocycles. The van der Waals surface area contributed by atoms with Gasteiger partial charge >= 0.3 is 0 Å². The van der Waals surface area contributed by atoms with E-state index in [1.165, 1.54) is 0 Å². The smallest absolute Gasteiger partial charge is 0.232 e. The van der Waals surface area contributed by atoms with Gasteiger partial charge in [-0.3, -0.25) is 0 Å². The Morgan fingerprint density at radius 3 is 2.79 bits per heavy atom. The molecule has 7 heteroatoms. The van der Waals surface area contributed by atoms with Gasteiger partial charge in [-0.05, 0) is 22.4 Å². The van der Waals surface area contributed by atoms with Gasteiger partial charge in [-0.15, -0.1) is 0 Å². The Morgan fingerprint density at radius 2 is 2.05 bits per heavy atom. The van der Waals surface area contributed by atoms with Crippen LogP contribution >= 0.6 is 15.9 Å². The topological polar surface area (TPSA) is 65.5 Å². The SMILES string of the molecule is CCCNc1ncc(Br)c(OCCOCCOC)n1. The molecule has 6 nitrogen and oxygen atoms in total. The Morgan fingerprint density at radius 1 is 1.26 bits per heavy atom. The molecule has 1 rings (SSSR count). The lowest BCUT2D eigenvalue weighted by Gasteiger charge is -2.09. The highest BCUT2D eigenvalue weighted by Crippen LogP contribution is 2.22. The van der Waals surface area contributed by atoms with Gasteiger partial charge in [0.2, 0.25) is 11.8 Å². The normalized spacial score (nSPS) is 10.5. The minimum absolute atomic E-state index is 0.437. The highest BCUT2D eigenvalue weighted by molar-refractivity contribution is 9.10. The van der Waals surface area contributed by atoms with Gasteiger partial charge in [-0.2, -0.15) is 4.98 Å². The van der Waals surface area contributed by atoms with Crippen LogP contribution in [0.25, 0.3) is 0 Å². The lowest BCUT2D eigenvalue weighted by molar-refractivity contribution is 0.0535. The van der Waals surface area contributed by atoms with Crippen LogP contribution in [-0.4, -0.2) is 50.1 Å². The van der Waals surface area contributed by atoms with Crippen LogP contribution in [0.15, 0.2) is 10.7 Å². The molecule has 1 heterocycles. The van der Waals surface area contributed by atoms with Crippen molar-refractivity contribution in [3.8, 4) is 5.88 Å². The number of hydrogen-bond acceptors (Lipinski definition) is 6. The van der Waals surface area contributed by atoms with Crippen LogP contribution in [0.1, 0.15) is 13.3 Å². The molecule has 0 amide bonds. The number of methoxy groups -OCH3 is 1. The van der Waals surface area contributed by atoms with Gasteiger partial charge in [0.1, 0.15) is 6.61 Å². The van der Waals surface area contributed by atoms with E-state index in [0.29, 0.717) is 38.3 Å². The minimum atomic E-state index is 0.437. The molecule has 0 aromatic carbocycles. The van der Waals surface area contributed by atoms with E-state index in [-0.39, 0.29) is 0 Å². The molecule has 0 bridgehead atoms. The van der Waals surface area contributed by atoms with Crippen LogP contribution in [0.3, 0.4) is 0 Å². The molecular weight excluding hydrogens is 314 g/mol.